The number of ether oxygens (including phenoxy) is 1. The van der Waals surface area contributed by atoms with E-state index >= 15 is 0 Å². The minimum absolute atomic E-state index is 0.00187. The van der Waals surface area contributed by atoms with Crippen LogP contribution in [0.4, 0.5) is 4.79 Å². The van der Waals surface area contributed by atoms with Crippen molar-refractivity contribution in [3.8, 4) is 5.75 Å². The molecule has 2 heterocycles. The van der Waals surface area contributed by atoms with Gasteiger partial charge >= 0.3 is 6.03 Å². The third-order valence-electron chi connectivity index (χ3n) is 5.49. The maximum atomic E-state index is 13.0. The lowest BCUT2D eigenvalue weighted by atomic mass is 10.0. The molecular formula is C22H26N4O2. The molecule has 146 valence electrons. The van der Waals surface area contributed by atoms with Crippen LogP contribution in [-0.4, -0.2) is 34.1 Å². The third-order valence-corrected chi connectivity index (χ3v) is 5.49. The number of nitrogens with one attached hydrogen (secondary N) is 1. The van der Waals surface area contributed by atoms with E-state index in [9.17, 15) is 4.79 Å². The van der Waals surface area contributed by atoms with Crippen LogP contribution in [0.5, 0.6) is 5.75 Å². The molecule has 0 unspecified atom stereocenters. The van der Waals surface area contributed by atoms with E-state index in [1.165, 1.54) is 0 Å². The van der Waals surface area contributed by atoms with Gasteiger partial charge in [0.15, 0.2) is 0 Å². The molecule has 6 heteroatoms. The number of likely N-dealkylation sites (tertiary alicyclic amines) is 1. The number of benzene rings is 2. The number of carbonyl (C=O) groups excluding carboxylic acids is 1. The molecule has 1 aliphatic rings. The van der Waals surface area contributed by atoms with Crippen molar-refractivity contribution in [2.24, 2.45) is 7.05 Å². The van der Waals surface area contributed by atoms with Crippen molar-refractivity contribution in [2.75, 3.05) is 13.7 Å². The van der Waals surface area contributed by atoms with Gasteiger partial charge in [0.1, 0.15) is 11.6 Å². The van der Waals surface area contributed by atoms with Crippen molar-refractivity contribution in [1.29, 1.82) is 0 Å². The van der Waals surface area contributed by atoms with Crippen molar-refractivity contribution in [1.82, 2.24) is 19.8 Å². The Morgan fingerprint density at radius 3 is 2.71 bits per heavy atom. The minimum atomic E-state index is -0.0347. The van der Waals surface area contributed by atoms with E-state index in [1.807, 2.05) is 54.4 Å². The van der Waals surface area contributed by atoms with Crippen LogP contribution < -0.4 is 10.1 Å². The number of piperidine rings is 1. The van der Waals surface area contributed by atoms with Gasteiger partial charge in [-0.25, -0.2) is 9.78 Å². The van der Waals surface area contributed by atoms with Gasteiger partial charge in [0.05, 0.1) is 24.2 Å². The number of aromatic nitrogens is 2. The first-order chi connectivity index (χ1) is 13.7. The van der Waals surface area contributed by atoms with E-state index < -0.39 is 0 Å². The molecule has 2 aromatic carbocycles. The van der Waals surface area contributed by atoms with E-state index in [0.29, 0.717) is 6.54 Å². The number of methoxy groups -OCH3 is 1. The molecular weight excluding hydrogens is 352 g/mol. The van der Waals surface area contributed by atoms with E-state index in [4.69, 9.17) is 9.72 Å². The Balaban J connectivity index is 1.51. The highest BCUT2D eigenvalue weighted by molar-refractivity contribution is 5.77. The molecule has 0 bridgehead atoms. The Morgan fingerprint density at radius 2 is 1.96 bits per heavy atom. The second kappa shape index (κ2) is 7.92. The first kappa shape index (κ1) is 18.3. The summed E-state index contributed by atoms with van der Waals surface area (Å²) in [5.41, 5.74) is 3.12. The van der Waals surface area contributed by atoms with Gasteiger partial charge in [-0.3, -0.25) is 0 Å². The maximum Gasteiger partial charge on any atom is 0.318 e. The maximum absolute atomic E-state index is 13.0. The fourth-order valence-electron chi connectivity index (χ4n) is 3.93. The average Bonchev–Trinajstić information content (AvgIpc) is 3.09. The Morgan fingerprint density at radius 1 is 1.18 bits per heavy atom. The smallest absolute Gasteiger partial charge is 0.318 e. The van der Waals surface area contributed by atoms with Gasteiger partial charge in [-0.15, -0.1) is 0 Å². The number of para-hydroxylation sites is 2. The van der Waals surface area contributed by atoms with Gasteiger partial charge < -0.3 is 19.5 Å². The zero-order valence-corrected chi connectivity index (χ0v) is 16.4. The lowest BCUT2D eigenvalue weighted by molar-refractivity contribution is 0.146. The second-order valence-electron chi connectivity index (χ2n) is 7.23. The highest BCUT2D eigenvalue weighted by atomic mass is 16.5. The van der Waals surface area contributed by atoms with Crippen LogP contribution in [-0.2, 0) is 13.6 Å². The summed E-state index contributed by atoms with van der Waals surface area (Å²) in [6.45, 7) is 1.25. The summed E-state index contributed by atoms with van der Waals surface area (Å²) >= 11 is 0. The Hall–Kier alpha value is -3.02. The van der Waals surface area contributed by atoms with Gasteiger partial charge in [-0.2, -0.15) is 0 Å². The van der Waals surface area contributed by atoms with Crippen LogP contribution in [0, 0.1) is 0 Å². The van der Waals surface area contributed by atoms with Crippen LogP contribution in [0.3, 0.4) is 0 Å². The summed E-state index contributed by atoms with van der Waals surface area (Å²) in [7, 11) is 3.68. The van der Waals surface area contributed by atoms with Gasteiger partial charge in [-0.05, 0) is 49.1 Å². The Bertz CT molecular complexity index is 964. The molecule has 1 N–H and O–H groups in total. The molecule has 1 atom stereocenters. The number of urea groups is 1. The van der Waals surface area contributed by atoms with E-state index in [2.05, 4.69) is 16.0 Å². The van der Waals surface area contributed by atoms with Crippen LogP contribution in [0.15, 0.2) is 48.5 Å². The summed E-state index contributed by atoms with van der Waals surface area (Å²) in [6.07, 6.45) is 3.07. The number of carbonyl (C=O) groups is 1. The molecule has 1 aromatic heterocycles. The van der Waals surface area contributed by atoms with Crippen LogP contribution in [0.25, 0.3) is 11.0 Å². The fraction of sp³-hybridized carbons (Fsp3) is 0.364. The average molecular weight is 378 g/mol. The summed E-state index contributed by atoms with van der Waals surface area (Å²) in [5, 5.41) is 3.07. The number of hydrogen-bond donors (Lipinski definition) is 1. The van der Waals surface area contributed by atoms with E-state index in [-0.39, 0.29) is 12.1 Å². The predicted octanol–water partition coefficient (Wildman–Crippen LogP) is 4.02. The van der Waals surface area contributed by atoms with Gasteiger partial charge in [-0.1, -0.05) is 24.3 Å². The predicted molar refractivity (Wildman–Crippen MR) is 109 cm³/mol. The van der Waals surface area contributed by atoms with E-state index in [1.54, 1.807) is 7.11 Å². The van der Waals surface area contributed by atoms with Gasteiger partial charge in [0.25, 0.3) is 0 Å². The van der Waals surface area contributed by atoms with Crippen molar-refractivity contribution >= 4 is 17.1 Å². The van der Waals surface area contributed by atoms with Crippen molar-refractivity contribution in [3.63, 3.8) is 0 Å². The second-order valence-corrected chi connectivity index (χ2v) is 7.23. The molecule has 28 heavy (non-hydrogen) atoms. The SMILES string of the molecule is COc1ccc(CNC(=O)N2CCCC[C@@H]2c2nc3ccccc3n2C)cc1. The first-order valence-corrected chi connectivity index (χ1v) is 9.76. The number of hydrogen-bond acceptors (Lipinski definition) is 3. The zero-order chi connectivity index (χ0) is 19.5. The monoisotopic (exact) mass is 378 g/mol. The highest BCUT2D eigenvalue weighted by Crippen LogP contribution is 2.32. The molecule has 1 saturated heterocycles. The molecule has 3 aromatic rings. The van der Waals surface area contributed by atoms with Crippen molar-refractivity contribution in [2.45, 2.75) is 31.8 Å². The first-order valence-electron chi connectivity index (χ1n) is 9.76. The standard InChI is InChI=1S/C22H26N4O2/c1-25-19-8-4-3-7-18(19)24-21(25)20-9-5-6-14-26(20)22(27)23-15-16-10-12-17(28-2)13-11-16/h3-4,7-8,10-13,20H,5-6,9,14-15H2,1-2H3,(H,23,27)/t20-/m1/s1. The number of amides is 2. The largest absolute Gasteiger partial charge is 0.497 e. The van der Waals surface area contributed by atoms with Crippen molar-refractivity contribution in [3.05, 3.63) is 59.9 Å². The molecule has 0 saturated carbocycles. The third kappa shape index (κ3) is 3.54. The summed E-state index contributed by atoms with van der Waals surface area (Å²) in [4.78, 5) is 19.7. The summed E-state index contributed by atoms with van der Waals surface area (Å²) in [6, 6.07) is 15.8. The molecule has 4 rings (SSSR count). The number of imidazole rings is 1. The van der Waals surface area contributed by atoms with Gasteiger partial charge in [0, 0.05) is 20.1 Å². The number of nitrogens with zero attached hydrogens (tertiary/aromatic N) is 3. The highest BCUT2D eigenvalue weighted by Gasteiger charge is 2.31. The lowest BCUT2D eigenvalue weighted by Crippen LogP contribution is -2.45. The quantitative estimate of drug-likeness (QED) is 0.746. The van der Waals surface area contributed by atoms with Gasteiger partial charge in [0.2, 0.25) is 0 Å². The van der Waals surface area contributed by atoms with Crippen molar-refractivity contribution < 1.29 is 9.53 Å². The van der Waals surface area contributed by atoms with Crippen LogP contribution >= 0.6 is 0 Å². The molecule has 0 aliphatic carbocycles. The number of rotatable bonds is 4. The fourth-order valence-corrected chi connectivity index (χ4v) is 3.93. The van der Waals surface area contributed by atoms with Crippen LogP contribution in [0.1, 0.15) is 36.7 Å². The molecule has 6 nitrogen and oxygen atoms in total. The van der Waals surface area contributed by atoms with E-state index in [0.717, 1.165) is 54.0 Å². The Labute approximate surface area is 165 Å². The molecule has 1 aliphatic heterocycles. The van der Waals surface area contributed by atoms with Crippen LogP contribution in [0.2, 0.25) is 0 Å². The minimum Gasteiger partial charge on any atom is -0.497 e. The molecule has 2 amide bonds. The summed E-state index contributed by atoms with van der Waals surface area (Å²) < 4.78 is 7.30. The molecule has 1 fully saturated rings. The summed E-state index contributed by atoms with van der Waals surface area (Å²) in [5.74, 6) is 1.77. The lowest BCUT2D eigenvalue weighted by Gasteiger charge is -2.35. The molecule has 0 radical (unpaired) electrons. The number of aryl methyl sites for hydroxylation is 1. The normalized spacial score (nSPS) is 16.9. The Kier molecular flexibility index (Phi) is 5.19. The number of fused-ring (bicyclic) bond motifs is 1. The topological polar surface area (TPSA) is 59.4 Å². The zero-order valence-electron chi connectivity index (χ0n) is 16.4. The molecule has 0 spiro atoms.